The molecule has 25 heavy (non-hydrogen) atoms. The summed E-state index contributed by atoms with van der Waals surface area (Å²) in [6.07, 6.45) is -0.579. The summed E-state index contributed by atoms with van der Waals surface area (Å²) < 4.78 is 5.25. The highest BCUT2D eigenvalue weighted by atomic mass is 16.5. The summed E-state index contributed by atoms with van der Waals surface area (Å²) in [5.41, 5.74) is 2.45. The quantitative estimate of drug-likeness (QED) is 0.806. The second-order valence-electron chi connectivity index (χ2n) is 7.27. The van der Waals surface area contributed by atoms with E-state index in [9.17, 15) is 9.59 Å². The number of anilines is 1. The largest absolute Gasteiger partial charge is 0.453 e. The molecule has 0 spiro atoms. The molecule has 1 atom stereocenters. The van der Waals surface area contributed by atoms with Crippen LogP contribution in [0.15, 0.2) is 54.6 Å². The lowest BCUT2D eigenvalue weighted by molar-refractivity contribution is -0.154. The van der Waals surface area contributed by atoms with Gasteiger partial charge in [0, 0.05) is 11.3 Å². The number of ether oxygens (including phenoxy) is 1. The monoisotopic (exact) mass is 339 g/mol. The van der Waals surface area contributed by atoms with Crippen molar-refractivity contribution in [3.63, 3.8) is 0 Å². The van der Waals surface area contributed by atoms with Crippen LogP contribution in [0.3, 0.4) is 0 Å². The number of hydrogen-bond acceptors (Lipinski definition) is 3. The van der Waals surface area contributed by atoms with E-state index in [1.807, 2.05) is 75.4 Å². The Kier molecular flexibility index (Phi) is 5.97. The van der Waals surface area contributed by atoms with Crippen LogP contribution in [0.5, 0.6) is 0 Å². The Bertz CT molecular complexity index is 732. The zero-order chi connectivity index (χ0) is 18.4. The van der Waals surface area contributed by atoms with Crippen LogP contribution in [0, 0.1) is 5.41 Å². The SMILES string of the molecule is C[C@H](OC(=O)CC(C)(C)C)C(=O)Nc1ccccc1-c1ccccc1. The van der Waals surface area contributed by atoms with Crippen molar-refractivity contribution < 1.29 is 14.3 Å². The third-order valence-electron chi connectivity index (χ3n) is 3.62. The standard InChI is InChI=1S/C21H25NO3/c1-15(25-19(23)14-21(2,3)4)20(24)22-18-13-9-8-12-17(18)16-10-6-5-7-11-16/h5-13,15H,14H2,1-4H3,(H,22,24)/t15-/m0/s1. The van der Waals surface area contributed by atoms with Crippen molar-refractivity contribution in [2.45, 2.75) is 40.2 Å². The first-order valence-corrected chi connectivity index (χ1v) is 8.41. The number of amides is 1. The second-order valence-corrected chi connectivity index (χ2v) is 7.27. The lowest BCUT2D eigenvalue weighted by Gasteiger charge is -2.19. The number of para-hydroxylation sites is 1. The summed E-state index contributed by atoms with van der Waals surface area (Å²) >= 11 is 0. The Morgan fingerprint density at radius 1 is 1.00 bits per heavy atom. The molecule has 1 amide bonds. The van der Waals surface area contributed by atoms with Crippen LogP contribution in [-0.2, 0) is 14.3 Å². The molecule has 0 unspecified atom stereocenters. The fourth-order valence-electron chi connectivity index (χ4n) is 2.42. The number of benzene rings is 2. The summed E-state index contributed by atoms with van der Waals surface area (Å²) in [4.78, 5) is 24.3. The van der Waals surface area contributed by atoms with Gasteiger partial charge in [0.1, 0.15) is 0 Å². The molecule has 0 heterocycles. The zero-order valence-corrected chi connectivity index (χ0v) is 15.2. The van der Waals surface area contributed by atoms with E-state index >= 15 is 0 Å². The van der Waals surface area contributed by atoms with Crippen LogP contribution in [0.4, 0.5) is 5.69 Å². The van der Waals surface area contributed by atoms with Crippen LogP contribution < -0.4 is 5.32 Å². The minimum absolute atomic E-state index is 0.173. The molecule has 2 rings (SSSR count). The number of carbonyl (C=O) groups excluding carboxylic acids is 2. The average Bonchev–Trinajstić information content (AvgIpc) is 2.54. The number of rotatable bonds is 5. The Hall–Kier alpha value is -2.62. The number of hydrogen-bond donors (Lipinski definition) is 1. The van der Waals surface area contributed by atoms with Gasteiger partial charge in [-0.05, 0) is 24.0 Å². The van der Waals surface area contributed by atoms with Gasteiger partial charge in [-0.1, -0.05) is 69.3 Å². The van der Waals surface area contributed by atoms with E-state index in [0.29, 0.717) is 5.69 Å². The Labute approximate surface area is 149 Å². The van der Waals surface area contributed by atoms with Gasteiger partial charge in [0.05, 0.1) is 6.42 Å². The van der Waals surface area contributed by atoms with E-state index in [4.69, 9.17) is 4.74 Å². The molecule has 4 nitrogen and oxygen atoms in total. The minimum Gasteiger partial charge on any atom is -0.453 e. The lowest BCUT2D eigenvalue weighted by Crippen LogP contribution is -2.31. The van der Waals surface area contributed by atoms with Crippen LogP contribution in [0.25, 0.3) is 11.1 Å². The number of esters is 1. The normalized spacial score (nSPS) is 12.3. The van der Waals surface area contributed by atoms with Gasteiger partial charge in [0.15, 0.2) is 6.10 Å². The van der Waals surface area contributed by atoms with Gasteiger partial charge >= 0.3 is 5.97 Å². The van der Waals surface area contributed by atoms with Crippen molar-refractivity contribution in [1.29, 1.82) is 0 Å². The molecule has 4 heteroatoms. The summed E-state index contributed by atoms with van der Waals surface area (Å²) in [6.45, 7) is 7.44. The molecule has 132 valence electrons. The summed E-state index contributed by atoms with van der Waals surface area (Å²) in [7, 11) is 0. The average molecular weight is 339 g/mol. The summed E-state index contributed by atoms with van der Waals surface area (Å²) in [5, 5.41) is 2.86. The van der Waals surface area contributed by atoms with Crippen LogP contribution in [-0.4, -0.2) is 18.0 Å². The lowest BCUT2D eigenvalue weighted by atomic mass is 9.92. The first kappa shape index (κ1) is 18.7. The molecule has 0 aromatic heterocycles. The molecular formula is C21H25NO3. The predicted molar refractivity (Wildman–Crippen MR) is 100 cm³/mol. The third kappa shape index (κ3) is 5.75. The predicted octanol–water partition coefficient (Wildman–Crippen LogP) is 4.66. The van der Waals surface area contributed by atoms with Crippen molar-refractivity contribution in [2.24, 2.45) is 5.41 Å². The maximum Gasteiger partial charge on any atom is 0.307 e. The maximum atomic E-state index is 12.4. The molecule has 2 aromatic rings. The minimum atomic E-state index is -0.848. The fourth-order valence-corrected chi connectivity index (χ4v) is 2.42. The van der Waals surface area contributed by atoms with Crippen molar-refractivity contribution in [3.8, 4) is 11.1 Å². The number of carbonyl (C=O) groups is 2. The fraction of sp³-hybridized carbons (Fsp3) is 0.333. The molecule has 0 bridgehead atoms. The van der Waals surface area contributed by atoms with Gasteiger partial charge in [-0.15, -0.1) is 0 Å². The molecule has 2 aromatic carbocycles. The van der Waals surface area contributed by atoms with E-state index < -0.39 is 6.10 Å². The molecule has 0 aliphatic heterocycles. The molecule has 0 radical (unpaired) electrons. The van der Waals surface area contributed by atoms with Crippen molar-refractivity contribution in [3.05, 3.63) is 54.6 Å². The van der Waals surface area contributed by atoms with Gasteiger partial charge in [-0.25, -0.2) is 0 Å². The molecule has 0 saturated heterocycles. The van der Waals surface area contributed by atoms with Crippen LogP contribution >= 0.6 is 0 Å². The van der Waals surface area contributed by atoms with Crippen LogP contribution in [0.2, 0.25) is 0 Å². The Morgan fingerprint density at radius 2 is 1.60 bits per heavy atom. The van der Waals surface area contributed by atoms with Crippen molar-refractivity contribution >= 4 is 17.6 Å². The highest BCUT2D eigenvalue weighted by Gasteiger charge is 2.22. The molecule has 0 aliphatic rings. The Morgan fingerprint density at radius 3 is 2.24 bits per heavy atom. The van der Waals surface area contributed by atoms with Gasteiger partial charge in [0.2, 0.25) is 0 Å². The second kappa shape index (κ2) is 7.97. The van der Waals surface area contributed by atoms with E-state index in [1.165, 1.54) is 0 Å². The summed E-state index contributed by atoms with van der Waals surface area (Å²) in [5.74, 6) is -0.711. The molecular weight excluding hydrogens is 314 g/mol. The van der Waals surface area contributed by atoms with E-state index in [-0.39, 0.29) is 23.7 Å². The maximum absolute atomic E-state index is 12.4. The van der Waals surface area contributed by atoms with Gasteiger partial charge < -0.3 is 10.1 Å². The molecule has 1 N–H and O–H groups in total. The zero-order valence-electron chi connectivity index (χ0n) is 15.2. The van der Waals surface area contributed by atoms with Gasteiger partial charge in [-0.2, -0.15) is 0 Å². The van der Waals surface area contributed by atoms with Gasteiger partial charge in [0.25, 0.3) is 5.91 Å². The van der Waals surface area contributed by atoms with E-state index in [0.717, 1.165) is 11.1 Å². The molecule has 0 saturated carbocycles. The van der Waals surface area contributed by atoms with Gasteiger partial charge in [-0.3, -0.25) is 9.59 Å². The van der Waals surface area contributed by atoms with E-state index in [2.05, 4.69) is 5.32 Å². The first-order chi connectivity index (χ1) is 11.8. The van der Waals surface area contributed by atoms with Crippen LogP contribution in [0.1, 0.15) is 34.1 Å². The smallest absolute Gasteiger partial charge is 0.307 e. The third-order valence-corrected chi connectivity index (χ3v) is 3.62. The molecule has 0 aliphatic carbocycles. The molecule has 0 fully saturated rings. The van der Waals surface area contributed by atoms with Crippen molar-refractivity contribution in [2.75, 3.05) is 5.32 Å². The van der Waals surface area contributed by atoms with E-state index in [1.54, 1.807) is 6.92 Å². The number of nitrogens with one attached hydrogen (secondary N) is 1. The highest BCUT2D eigenvalue weighted by Crippen LogP contribution is 2.27. The topological polar surface area (TPSA) is 55.4 Å². The highest BCUT2D eigenvalue weighted by molar-refractivity contribution is 5.98. The summed E-state index contributed by atoms with van der Waals surface area (Å²) in [6, 6.07) is 17.4. The first-order valence-electron chi connectivity index (χ1n) is 8.41. The van der Waals surface area contributed by atoms with Crippen molar-refractivity contribution in [1.82, 2.24) is 0 Å². The Balaban J connectivity index is 2.07.